The van der Waals surface area contributed by atoms with Crippen LogP contribution in [0.3, 0.4) is 0 Å². The van der Waals surface area contributed by atoms with Gasteiger partial charge in [0.1, 0.15) is 11.5 Å². The van der Waals surface area contributed by atoms with E-state index in [1.54, 1.807) is 14.2 Å². The number of methoxy groups -OCH3 is 2. The van der Waals surface area contributed by atoms with Crippen molar-refractivity contribution in [3.8, 4) is 33.1 Å². The van der Waals surface area contributed by atoms with Gasteiger partial charge in [-0.3, -0.25) is 4.79 Å². The number of thiophene rings is 1. The monoisotopic (exact) mass is 338 g/mol. The van der Waals surface area contributed by atoms with E-state index in [0.29, 0.717) is 0 Å². The van der Waals surface area contributed by atoms with E-state index in [4.69, 9.17) is 9.47 Å². The van der Waals surface area contributed by atoms with E-state index in [1.807, 2.05) is 48.5 Å². The third-order valence-corrected chi connectivity index (χ3v) is 5.26. The first-order valence-electron chi connectivity index (χ1n) is 7.55. The molecule has 3 nitrogen and oxygen atoms in total. The minimum Gasteiger partial charge on any atom is -0.497 e. The van der Waals surface area contributed by atoms with E-state index in [-0.39, 0.29) is 0 Å². The minimum atomic E-state index is 0.728. The zero-order chi connectivity index (χ0) is 17.1. The third-order valence-electron chi connectivity index (χ3n) is 3.99. The van der Waals surface area contributed by atoms with E-state index in [0.717, 1.165) is 49.8 Å². The number of benzene rings is 2. The normalized spacial score (nSPS) is 10.5. The summed E-state index contributed by atoms with van der Waals surface area (Å²) in [7, 11) is 3.29. The molecule has 0 bridgehead atoms. The van der Waals surface area contributed by atoms with Gasteiger partial charge in [-0.05, 0) is 60.0 Å². The number of rotatable bonds is 5. The van der Waals surface area contributed by atoms with Crippen molar-refractivity contribution in [1.29, 1.82) is 0 Å². The average Bonchev–Trinajstić information content (AvgIpc) is 2.98. The maximum Gasteiger partial charge on any atom is 0.160 e. The molecule has 3 rings (SSSR count). The summed E-state index contributed by atoms with van der Waals surface area (Å²) >= 11 is 1.51. The zero-order valence-corrected chi connectivity index (χ0v) is 14.6. The Morgan fingerprint density at radius 2 is 1.62 bits per heavy atom. The molecule has 0 spiro atoms. The lowest BCUT2D eigenvalue weighted by molar-refractivity contribution is 0.112. The SMILES string of the molecule is COc1ccc(-c2sc(C=O)c(-c3cccc(OC)c3)c2C)cc1. The van der Waals surface area contributed by atoms with Crippen LogP contribution in [-0.4, -0.2) is 20.5 Å². The fraction of sp³-hybridized carbons (Fsp3) is 0.150. The van der Waals surface area contributed by atoms with E-state index in [9.17, 15) is 4.79 Å². The second kappa shape index (κ2) is 6.89. The van der Waals surface area contributed by atoms with Crippen molar-refractivity contribution >= 4 is 17.6 Å². The molecule has 0 saturated carbocycles. The largest absolute Gasteiger partial charge is 0.497 e. The van der Waals surface area contributed by atoms with Gasteiger partial charge in [-0.25, -0.2) is 0 Å². The predicted molar refractivity (Wildman–Crippen MR) is 98.4 cm³/mol. The van der Waals surface area contributed by atoms with Gasteiger partial charge in [0.15, 0.2) is 6.29 Å². The summed E-state index contributed by atoms with van der Waals surface area (Å²) in [6.45, 7) is 2.05. The third kappa shape index (κ3) is 2.93. The smallest absolute Gasteiger partial charge is 0.160 e. The van der Waals surface area contributed by atoms with Gasteiger partial charge >= 0.3 is 0 Å². The highest BCUT2D eigenvalue weighted by molar-refractivity contribution is 7.17. The molecular weight excluding hydrogens is 320 g/mol. The van der Waals surface area contributed by atoms with Crippen LogP contribution >= 0.6 is 11.3 Å². The minimum absolute atomic E-state index is 0.728. The quantitative estimate of drug-likeness (QED) is 0.598. The Labute approximate surface area is 145 Å². The van der Waals surface area contributed by atoms with E-state index >= 15 is 0 Å². The molecule has 1 heterocycles. The molecule has 122 valence electrons. The molecule has 0 saturated heterocycles. The lowest BCUT2D eigenvalue weighted by Crippen LogP contribution is -1.87. The van der Waals surface area contributed by atoms with Crippen LogP contribution in [0.25, 0.3) is 21.6 Å². The first-order chi connectivity index (χ1) is 11.7. The topological polar surface area (TPSA) is 35.5 Å². The Morgan fingerprint density at radius 3 is 2.25 bits per heavy atom. The van der Waals surface area contributed by atoms with E-state index < -0.39 is 0 Å². The molecule has 0 atom stereocenters. The number of carbonyl (C=O) groups is 1. The van der Waals surface area contributed by atoms with Gasteiger partial charge in [0, 0.05) is 10.4 Å². The standard InChI is InChI=1S/C20H18O3S/c1-13-19(15-5-4-6-17(11-15)23-3)18(12-21)24-20(13)14-7-9-16(22-2)10-8-14/h4-12H,1-3H3. The maximum absolute atomic E-state index is 11.6. The lowest BCUT2D eigenvalue weighted by Gasteiger charge is -2.07. The molecule has 0 amide bonds. The van der Waals surface area contributed by atoms with Crippen LogP contribution in [0.5, 0.6) is 11.5 Å². The Morgan fingerprint density at radius 1 is 0.917 bits per heavy atom. The highest BCUT2D eigenvalue weighted by atomic mass is 32.1. The van der Waals surface area contributed by atoms with Crippen LogP contribution in [0.1, 0.15) is 15.2 Å². The lowest BCUT2D eigenvalue weighted by atomic mass is 9.99. The van der Waals surface area contributed by atoms with Crippen LogP contribution in [0.2, 0.25) is 0 Å². The van der Waals surface area contributed by atoms with Crippen molar-refractivity contribution in [1.82, 2.24) is 0 Å². The second-order valence-electron chi connectivity index (χ2n) is 5.37. The van der Waals surface area contributed by atoms with Gasteiger partial charge in [0.25, 0.3) is 0 Å². The Hall–Kier alpha value is -2.59. The van der Waals surface area contributed by atoms with E-state index in [1.165, 1.54) is 11.3 Å². The maximum atomic E-state index is 11.6. The summed E-state index contributed by atoms with van der Waals surface area (Å²) in [6, 6.07) is 15.7. The first-order valence-corrected chi connectivity index (χ1v) is 8.37. The van der Waals surface area contributed by atoms with Crippen molar-refractivity contribution in [2.75, 3.05) is 14.2 Å². The fourth-order valence-electron chi connectivity index (χ4n) is 2.77. The highest BCUT2D eigenvalue weighted by Gasteiger charge is 2.17. The molecule has 0 fully saturated rings. The molecule has 0 radical (unpaired) electrons. The summed E-state index contributed by atoms with van der Waals surface area (Å²) in [5.41, 5.74) is 4.14. The highest BCUT2D eigenvalue weighted by Crippen LogP contribution is 2.42. The van der Waals surface area contributed by atoms with Gasteiger partial charge in [0.05, 0.1) is 19.1 Å². The Kier molecular flexibility index (Phi) is 4.67. The summed E-state index contributed by atoms with van der Waals surface area (Å²) in [6.07, 6.45) is 0.930. The summed E-state index contributed by atoms with van der Waals surface area (Å²) in [5, 5.41) is 0. The number of ether oxygens (including phenoxy) is 2. The first kappa shape index (κ1) is 16.3. The summed E-state index contributed by atoms with van der Waals surface area (Å²) in [4.78, 5) is 13.4. The molecule has 0 N–H and O–H groups in total. The summed E-state index contributed by atoms with van der Waals surface area (Å²) in [5.74, 6) is 1.59. The fourth-order valence-corrected chi connectivity index (χ4v) is 3.92. The van der Waals surface area contributed by atoms with Crippen LogP contribution < -0.4 is 9.47 Å². The number of aldehydes is 1. The van der Waals surface area contributed by atoms with Crippen molar-refractivity contribution < 1.29 is 14.3 Å². The number of hydrogen-bond acceptors (Lipinski definition) is 4. The van der Waals surface area contributed by atoms with Crippen LogP contribution in [0, 0.1) is 6.92 Å². The average molecular weight is 338 g/mol. The summed E-state index contributed by atoms with van der Waals surface area (Å²) < 4.78 is 10.5. The van der Waals surface area contributed by atoms with Crippen molar-refractivity contribution in [2.24, 2.45) is 0 Å². The number of carbonyl (C=O) groups excluding carboxylic acids is 1. The molecule has 4 heteroatoms. The molecule has 1 aromatic heterocycles. The van der Waals surface area contributed by atoms with E-state index in [2.05, 4.69) is 6.92 Å². The molecule has 0 aliphatic heterocycles. The van der Waals surface area contributed by atoms with Crippen molar-refractivity contribution in [2.45, 2.75) is 6.92 Å². The second-order valence-corrected chi connectivity index (χ2v) is 6.43. The van der Waals surface area contributed by atoms with Gasteiger partial charge in [-0.2, -0.15) is 0 Å². The van der Waals surface area contributed by atoms with Crippen LogP contribution in [-0.2, 0) is 0 Å². The van der Waals surface area contributed by atoms with Crippen molar-refractivity contribution in [3.63, 3.8) is 0 Å². The molecular formula is C20H18O3S. The molecule has 0 unspecified atom stereocenters. The number of hydrogen-bond donors (Lipinski definition) is 0. The Balaban J connectivity index is 2.13. The van der Waals surface area contributed by atoms with Crippen LogP contribution in [0.15, 0.2) is 48.5 Å². The molecule has 2 aromatic carbocycles. The van der Waals surface area contributed by atoms with Gasteiger partial charge in [0.2, 0.25) is 0 Å². The van der Waals surface area contributed by atoms with Gasteiger partial charge in [-0.1, -0.05) is 12.1 Å². The molecule has 3 aromatic rings. The predicted octanol–water partition coefficient (Wildman–Crippen LogP) is 5.22. The molecule has 0 aliphatic carbocycles. The van der Waals surface area contributed by atoms with Gasteiger partial charge in [-0.15, -0.1) is 11.3 Å². The Bertz CT molecular complexity index is 863. The van der Waals surface area contributed by atoms with Crippen LogP contribution in [0.4, 0.5) is 0 Å². The zero-order valence-electron chi connectivity index (χ0n) is 13.8. The van der Waals surface area contributed by atoms with Crippen molar-refractivity contribution in [3.05, 3.63) is 59.0 Å². The molecule has 24 heavy (non-hydrogen) atoms. The molecule has 0 aliphatic rings. The van der Waals surface area contributed by atoms with Gasteiger partial charge < -0.3 is 9.47 Å².